The minimum atomic E-state index is -0.0788. The van der Waals surface area contributed by atoms with E-state index < -0.39 is 0 Å². The second-order valence-electron chi connectivity index (χ2n) is 4.78. The number of hydrogen-bond acceptors (Lipinski definition) is 3. The van der Waals surface area contributed by atoms with Crippen LogP contribution in [0.15, 0.2) is 77.9 Å². The number of carbonyl (C=O) groups excluding carboxylic acids is 2. The van der Waals surface area contributed by atoms with Crippen molar-refractivity contribution in [1.29, 1.82) is 0 Å². The Bertz CT molecular complexity index is 751. The predicted molar refractivity (Wildman–Crippen MR) is 80.5 cm³/mol. The van der Waals surface area contributed by atoms with E-state index in [0.29, 0.717) is 5.57 Å². The zero-order valence-corrected chi connectivity index (χ0v) is 11.1. The van der Waals surface area contributed by atoms with Gasteiger partial charge in [-0.3, -0.25) is 9.59 Å². The van der Waals surface area contributed by atoms with E-state index in [1.165, 1.54) is 18.2 Å². The number of phenols is 1. The Morgan fingerprint density at radius 3 is 2.00 bits per heavy atom. The fraction of sp³-hybridized carbons (Fsp3) is 0. The number of hydrogen-bond donors (Lipinski definition) is 1. The van der Waals surface area contributed by atoms with Crippen LogP contribution in [0.4, 0.5) is 0 Å². The van der Waals surface area contributed by atoms with Crippen LogP contribution in [0.1, 0.15) is 5.56 Å². The van der Waals surface area contributed by atoms with Gasteiger partial charge in [0.1, 0.15) is 5.75 Å². The Balaban J connectivity index is 2.04. The van der Waals surface area contributed by atoms with Gasteiger partial charge in [-0.2, -0.15) is 0 Å². The summed E-state index contributed by atoms with van der Waals surface area (Å²) in [7, 11) is 0. The molecule has 3 heteroatoms. The second kappa shape index (κ2) is 5.21. The molecule has 0 radical (unpaired) electrons. The predicted octanol–water partition coefficient (Wildman–Crippen LogP) is 2.91. The molecule has 0 amide bonds. The molecule has 1 aromatic carbocycles. The summed E-state index contributed by atoms with van der Waals surface area (Å²) in [6.07, 6.45) is 11.5. The fourth-order valence-electron chi connectivity index (χ4n) is 2.22. The summed E-state index contributed by atoms with van der Waals surface area (Å²) in [6, 6.07) is 6.51. The highest BCUT2D eigenvalue weighted by atomic mass is 16.3. The number of allylic oxidation sites excluding steroid dienone is 10. The first kappa shape index (κ1) is 13.1. The van der Waals surface area contributed by atoms with E-state index in [0.717, 1.165) is 16.7 Å². The van der Waals surface area contributed by atoms with Crippen molar-refractivity contribution in [1.82, 2.24) is 0 Å². The lowest BCUT2D eigenvalue weighted by Crippen LogP contribution is -2.04. The van der Waals surface area contributed by atoms with E-state index in [9.17, 15) is 14.7 Å². The first-order valence-electron chi connectivity index (χ1n) is 6.51. The van der Waals surface area contributed by atoms with Crippen molar-refractivity contribution in [2.75, 3.05) is 0 Å². The molecule has 0 saturated carbocycles. The Kier molecular flexibility index (Phi) is 3.24. The van der Waals surface area contributed by atoms with E-state index in [4.69, 9.17) is 0 Å². The molecule has 0 saturated heterocycles. The number of aromatic hydroxyl groups is 1. The number of rotatable bonds is 1. The molecule has 0 unspecified atom stereocenters. The number of ketones is 2. The van der Waals surface area contributed by atoms with Gasteiger partial charge >= 0.3 is 0 Å². The van der Waals surface area contributed by atoms with Crippen LogP contribution in [-0.4, -0.2) is 16.7 Å². The maximum absolute atomic E-state index is 12.0. The van der Waals surface area contributed by atoms with Crippen LogP contribution in [0.3, 0.4) is 0 Å². The fourth-order valence-corrected chi connectivity index (χ4v) is 2.22. The quantitative estimate of drug-likeness (QED) is 0.858. The monoisotopic (exact) mass is 276 g/mol. The van der Waals surface area contributed by atoms with Gasteiger partial charge in [-0.15, -0.1) is 0 Å². The normalized spacial score (nSPS) is 17.4. The molecule has 0 heterocycles. The van der Waals surface area contributed by atoms with Crippen LogP contribution in [0, 0.1) is 0 Å². The van der Waals surface area contributed by atoms with Crippen molar-refractivity contribution >= 4 is 17.1 Å². The van der Waals surface area contributed by atoms with E-state index in [-0.39, 0.29) is 17.3 Å². The van der Waals surface area contributed by atoms with Gasteiger partial charge in [-0.1, -0.05) is 30.4 Å². The van der Waals surface area contributed by atoms with Crippen molar-refractivity contribution in [3.8, 4) is 5.75 Å². The van der Waals surface area contributed by atoms with Crippen LogP contribution in [-0.2, 0) is 9.59 Å². The van der Waals surface area contributed by atoms with Crippen LogP contribution >= 0.6 is 0 Å². The van der Waals surface area contributed by atoms with Crippen LogP contribution in [0.2, 0.25) is 0 Å². The molecule has 0 atom stereocenters. The lowest BCUT2D eigenvalue weighted by Gasteiger charge is -2.12. The Hall–Kier alpha value is -2.94. The Morgan fingerprint density at radius 2 is 1.33 bits per heavy atom. The highest BCUT2D eigenvalue weighted by Crippen LogP contribution is 2.27. The third-order valence-corrected chi connectivity index (χ3v) is 3.35. The van der Waals surface area contributed by atoms with Crippen molar-refractivity contribution in [2.45, 2.75) is 0 Å². The molecule has 1 N–H and O–H groups in total. The molecule has 0 fully saturated rings. The standard InChI is InChI=1S/C18H12O3/c19-15-6-1-12(2-7-15)14-5-10-18(21)17(11-14)13-3-8-16(20)9-4-13/h1-11,20H. The molecular formula is C18H12O3. The van der Waals surface area contributed by atoms with E-state index >= 15 is 0 Å². The van der Waals surface area contributed by atoms with Crippen LogP contribution in [0.5, 0.6) is 5.75 Å². The molecule has 0 bridgehead atoms. The zero-order chi connectivity index (χ0) is 14.8. The third kappa shape index (κ3) is 2.67. The summed E-state index contributed by atoms with van der Waals surface area (Å²) in [5.74, 6) is 0.0382. The number of carbonyl (C=O) groups is 2. The van der Waals surface area contributed by atoms with E-state index in [2.05, 4.69) is 0 Å². The molecule has 0 spiro atoms. The van der Waals surface area contributed by atoms with Crippen LogP contribution in [0.25, 0.3) is 5.57 Å². The summed E-state index contributed by atoms with van der Waals surface area (Å²) >= 11 is 0. The van der Waals surface area contributed by atoms with Gasteiger partial charge in [0.25, 0.3) is 0 Å². The minimum Gasteiger partial charge on any atom is -0.508 e. The molecule has 0 aliphatic heterocycles. The average molecular weight is 276 g/mol. The molecular weight excluding hydrogens is 264 g/mol. The van der Waals surface area contributed by atoms with Gasteiger partial charge in [0, 0.05) is 5.57 Å². The van der Waals surface area contributed by atoms with Gasteiger partial charge < -0.3 is 5.11 Å². The lowest BCUT2D eigenvalue weighted by molar-refractivity contribution is -0.111. The molecule has 2 aliphatic carbocycles. The van der Waals surface area contributed by atoms with Gasteiger partial charge in [-0.25, -0.2) is 0 Å². The summed E-state index contributed by atoms with van der Waals surface area (Å²) in [6.45, 7) is 0. The molecule has 2 aliphatic rings. The molecule has 102 valence electrons. The minimum absolute atomic E-state index is 0.0436. The summed E-state index contributed by atoms with van der Waals surface area (Å²) < 4.78 is 0. The van der Waals surface area contributed by atoms with Crippen molar-refractivity contribution in [3.63, 3.8) is 0 Å². The maximum atomic E-state index is 12.0. The zero-order valence-electron chi connectivity index (χ0n) is 11.1. The molecule has 3 rings (SSSR count). The Morgan fingerprint density at radius 1 is 0.714 bits per heavy atom. The summed E-state index contributed by atoms with van der Waals surface area (Å²) in [5, 5.41) is 9.32. The second-order valence-corrected chi connectivity index (χ2v) is 4.78. The molecule has 21 heavy (non-hydrogen) atoms. The first-order chi connectivity index (χ1) is 10.1. The van der Waals surface area contributed by atoms with Gasteiger partial charge in [0.2, 0.25) is 0 Å². The largest absolute Gasteiger partial charge is 0.508 e. The van der Waals surface area contributed by atoms with Crippen LogP contribution < -0.4 is 0 Å². The number of benzene rings is 1. The highest BCUT2D eigenvalue weighted by molar-refractivity contribution is 6.27. The van der Waals surface area contributed by atoms with E-state index in [1.807, 2.05) is 0 Å². The molecule has 0 aromatic heterocycles. The lowest BCUT2D eigenvalue weighted by atomic mass is 9.91. The van der Waals surface area contributed by atoms with Crippen molar-refractivity contribution < 1.29 is 14.7 Å². The first-order valence-corrected chi connectivity index (χ1v) is 6.51. The maximum Gasteiger partial charge on any atom is 0.186 e. The Labute approximate surface area is 121 Å². The van der Waals surface area contributed by atoms with Gasteiger partial charge in [-0.05, 0) is 53.1 Å². The van der Waals surface area contributed by atoms with E-state index in [1.54, 1.807) is 48.6 Å². The molecule has 1 aromatic rings. The highest BCUT2D eigenvalue weighted by Gasteiger charge is 2.15. The summed E-state index contributed by atoms with van der Waals surface area (Å²) in [5.41, 5.74) is 3.08. The number of phenolic OH excluding ortho intramolecular Hbond substituents is 1. The van der Waals surface area contributed by atoms with Crippen molar-refractivity contribution in [2.24, 2.45) is 0 Å². The topological polar surface area (TPSA) is 54.4 Å². The summed E-state index contributed by atoms with van der Waals surface area (Å²) in [4.78, 5) is 23.2. The average Bonchev–Trinajstić information content (AvgIpc) is 2.50. The van der Waals surface area contributed by atoms with Gasteiger partial charge in [0.05, 0.1) is 0 Å². The SMILES string of the molecule is O=C1C=CC(=C2C=CC(=O)C(c3ccc(O)cc3)=C2)C=C1. The van der Waals surface area contributed by atoms with Gasteiger partial charge in [0.15, 0.2) is 11.6 Å². The third-order valence-electron chi connectivity index (χ3n) is 3.35. The smallest absolute Gasteiger partial charge is 0.186 e. The van der Waals surface area contributed by atoms with Crippen molar-refractivity contribution in [3.05, 3.63) is 83.5 Å². The molecule has 3 nitrogen and oxygen atoms in total.